The maximum Gasteiger partial charge on any atom is 0.127 e. The molecule has 0 aromatic heterocycles. The molecule has 164 valence electrons. The fourth-order valence-electron chi connectivity index (χ4n) is 3.71. The van der Waals surface area contributed by atoms with E-state index < -0.39 is 0 Å². The Balaban J connectivity index is 1.55. The van der Waals surface area contributed by atoms with Crippen LogP contribution in [0.5, 0.6) is 17.2 Å². The van der Waals surface area contributed by atoms with Gasteiger partial charge in [0, 0.05) is 20.2 Å². The number of rotatable bonds is 12. The van der Waals surface area contributed by atoms with E-state index in [9.17, 15) is 0 Å². The summed E-state index contributed by atoms with van der Waals surface area (Å²) in [5, 5.41) is 0. The van der Waals surface area contributed by atoms with E-state index in [1.165, 1.54) is 19.3 Å². The summed E-state index contributed by atoms with van der Waals surface area (Å²) in [7, 11) is 1.70. The van der Waals surface area contributed by atoms with Crippen LogP contribution in [-0.2, 0) is 9.47 Å². The topological polar surface area (TPSA) is 40.2 Å². The minimum absolute atomic E-state index is 0.0465. The first kappa shape index (κ1) is 22.6. The van der Waals surface area contributed by atoms with E-state index in [4.69, 9.17) is 18.9 Å². The van der Waals surface area contributed by atoms with Gasteiger partial charge in [-0.1, -0.05) is 38.0 Å². The number of hydrogen-bond acceptors (Lipinski definition) is 5. The highest BCUT2D eigenvalue weighted by Crippen LogP contribution is 2.26. The third-order valence-corrected chi connectivity index (χ3v) is 5.37. The largest absolute Gasteiger partial charge is 0.488 e. The Kier molecular flexibility index (Phi) is 9.48. The molecule has 0 amide bonds. The van der Waals surface area contributed by atoms with Crippen LogP contribution in [0.3, 0.4) is 0 Å². The molecule has 3 rings (SSSR count). The molecule has 1 heterocycles. The van der Waals surface area contributed by atoms with Gasteiger partial charge in [0.15, 0.2) is 0 Å². The molecule has 2 atom stereocenters. The first-order valence-electron chi connectivity index (χ1n) is 11.1. The molecule has 0 spiro atoms. The van der Waals surface area contributed by atoms with Gasteiger partial charge in [0.1, 0.15) is 29.5 Å². The standard InChI is InChI=1S/C25H35NO4/c1-3-4-8-16-26-17-15-24(25(20-26)28-19-18-27-2)30-23-13-11-22(12-14-23)29-21-9-6-5-7-10-21/h5-7,9-14,24-25H,3-4,8,15-20H2,1-2H3. The molecule has 2 aromatic carbocycles. The monoisotopic (exact) mass is 413 g/mol. The number of para-hydroxylation sites is 1. The van der Waals surface area contributed by atoms with Crippen LogP contribution in [0.25, 0.3) is 0 Å². The Morgan fingerprint density at radius 2 is 1.60 bits per heavy atom. The van der Waals surface area contributed by atoms with Crippen LogP contribution in [0.4, 0.5) is 0 Å². The molecule has 30 heavy (non-hydrogen) atoms. The Labute approximate surface area is 180 Å². The maximum absolute atomic E-state index is 6.33. The van der Waals surface area contributed by atoms with Gasteiger partial charge in [0.25, 0.3) is 0 Å². The van der Waals surface area contributed by atoms with Crippen LogP contribution in [0, 0.1) is 0 Å². The SMILES string of the molecule is CCCCCN1CCC(Oc2ccc(Oc3ccccc3)cc2)C(OCCOC)C1. The average Bonchev–Trinajstić information content (AvgIpc) is 2.78. The van der Waals surface area contributed by atoms with Gasteiger partial charge >= 0.3 is 0 Å². The van der Waals surface area contributed by atoms with Gasteiger partial charge in [-0.3, -0.25) is 0 Å². The van der Waals surface area contributed by atoms with Crippen molar-refractivity contribution in [1.82, 2.24) is 4.90 Å². The Morgan fingerprint density at radius 3 is 2.33 bits per heavy atom. The number of nitrogens with zero attached hydrogens (tertiary/aromatic N) is 1. The van der Waals surface area contributed by atoms with Gasteiger partial charge < -0.3 is 23.8 Å². The zero-order chi connectivity index (χ0) is 21.0. The molecular formula is C25H35NO4. The highest BCUT2D eigenvalue weighted by Gasteiger charge is 2.31. The second kappa shape index (κ2) is 12.6. The number of ether oxygens (including phenoxy) is 4. The molecule has 0 bridgehead atoms. The summed E-state index contributed by atoms with van der Waals surface area (Å²) in [6.45, 7) is 6.53. The maximum atomic E-state index is 6.33. The van der Waals surface area contributed by atoms with Crippen molar-refractivity contribution in [2.45, 2.75) is 44.8 Å². The van der Waals surface area contributed by atoms with Crippen LogP contribution in [0.2, 0.25) is 0 Å². The predicted molar refractivity (Wildman–Crippen MR) is 120 cm³/mol. The van der Waals surface area contributed by atoms with E-state index in [0.717, 1.165) is 43.3 Å². The molecule has 1 aliphatic rings. The lowest BCUT2D eigenvalue weighted by atomic mass is 10.0. The summed E-state index contributed by atoms with van der Waals surface area (Å²) in [5.74, 6) is 2.47. The number of piperidine rings is 1. The summed E-state index contributed by atoms with van der Waals surface area (Å²) in [5.41, 5.74) is 0. The lowest BCUT2D eigenvalue weighted by Gasteiger charge is -2.38. The van der Waals surface area contributed by atoms with E-state index in [1.807, 2.05) is 54.6 Å². The molecule has 1 saturated heterocycles. The number of unbranched alkanes of at least 4 members (excludes halogenated alkanes) is 2. The van der Waals surface area contributed by atoms with Crippen molar-refractivity contribution in [3.05, 3.63) is 54.6 Å². The van der Waals surface area contributed by atoms with Gasteiger partial charge in [0.05, 0.1) is 13.2 Å². The molecule has 0 N–H and O–H groups in total. The van der Waals surface area contributed by atoms with Crippen molar-refractivity contribution in [3.8, 4) is 17.2 Å². The average molecular weight is 414 g/mol. The van der Waals surface area contributed by atoms with Gasteiger partial charge in [-0.2, -0.15) is 0 Å². The molecule has 1 fully saturated rings. The first-order valence-corrected chi connectivity index (χ1v) is 11.1. The van der Waals surface area contributed by atoms with Gasteiger partial charge in [0.2, 0.25) is 0 Å². The normalized spacial score (nSPS) is 19.5. The number of benzene rings is 2. The van der Waals surface area contributed by atoms with E-state index >= 15 is 0 Å². The molecule has 0 radical (unpaired) electrons. The number of hydrogen-bond donors (Lipinski definition) is 0. The second-order valence-corrected chi connectivity index (χ2v) is 7.74. The number of methoxy groups -OCH3 is 1. The van der Waals surface area contributed by atoms with Crippen LogP contribution >= 0.6 is 0 Å². The molecular weight excluding hydrogens is 378 g/mol. The highest BCUT2D eigenvalue weighted by molar-refractivity contribution is 5.35. The molecule has 0 saturated carbocycles. The molecule has 1 aliphatic heterocycles. The zero-order valence-electron chi connectivity index (χ0n) is 18.3. The smallest absolute Gasteiger partial charge is 0.127 e. The fourth-order valence-corrected chi connectivity index (χ4v) is 3.71. The van der Waals surface area contributed by atoms with Crippen LogP contribution in [0.15, 0.2) is 54.6 Å². The van der Waals surface area contributed by atoms with E-state index in [1.54, 1.807) is 7.11 Å². The molecule has 0 aliphatic carbocycles. The van der Waals surface area contributed by atoms with Crippen LogP contribution < -0.4 is 9.47 Å². The first-order chi connectivity index (χ1) is 14.8. The summed E-state index contributed by atoms with van der Waals surface area (Å²) in [6, 6.07) is 17.6. The van der Waals surface area contributed by atoms with Crippen LogP contribution in [-0.4, -0.2) is 57.1 Å². The van der Waals surface area contributed by atoms with Crippen molar-refractivity contribution in [2.75, 3.05) is 40.0 Å². The lowest BCUT2D eigenvalue weighted by molar-refractivity contribution is -0.0794. The minimum Gasteiger partial charge on any atom is -0.488 e. The quantitative estimate of drug-likeness (QED) is 0.450. The molecule has 2 unspecified atom stereocenters. The van der Waals surface area contributed by atoms with Crippen molar-refractivity contribution in [1.29, 1.82) is 0 Å². The van der Waals surface area contributed by atoms with Gasteiger partial charge in [-0.15, -0.1) is 0 Å². The zero-order valence-corrected chi connectivity index (χ0v) is 18.3. The van der Waals surface area contributed by atoms with Crippen molar-refractivity contribution < 1.29 is 18.9 Å². The fraction of sp³-hybridized carbons (Fsp3) is 0.520. The Morgan fingerprint density at radius 1 is 0.867 bits per heavy atom. The van der Waals surface area contributed by atoms with E-state index in [0.29, 0.717) is 13.2 Å². The summed E-state index contributed by atoms with van der Waals surface area (Å²) in [6.07, 6.45) is 4.84. The molecule has 2 aromatic rings. The third-order valence-electron chi connectivity index (χ3n) is 5.37. The lowest BCUT2D eigenvalue weighted by Crippen LogP contribution is -2.50. The second-order valence-electron chi connectivity index (χ2n) is 7.74. The molecule has 5 heteroatoms. The summed E-state index contributed by atoms with van der Waals surface area (Å²) < 4.78 is 23.5. The predicted octanol–water partition coefficient (Wildman–Crippen LogP) is 5.15. The van der Waals surface area contributed by atoms with Crippen molar-refractivity contribution in [3.63, 3.8) is 0 Å². The van der Waals surface area contributed by atoms with E-state index in [-0.39, 0.29) is 12.2 Å². The Hall–Kier alpha value is -2.08. The minimum atomic E-state index is 0.0465. The van der Waals surface area contributed by atoms with Gasteiger partial charge in [-0.25, -0.2) is 0 Å². The summed E-state index contributed by atoms with van der Waals surface area (Å²) >= 11 is 0. The Bertz CT molecular complexity index is 707. The van der Waals surface area contributed by atoms with E-state index in [2.05, 4.69) is 11.8 Å². The third kappa shape index (κ3) is 7.31. The van der Waals surface area contributed by atoms with Crippen molar-refractivity contribution >= 4 is 0 Å². The van der Waals surface area contributed by atoms with Gasteiger partial charge in [-0.05, 0) is 55.8 Å². The highest BCUT2D eigenvalue weighted by atomic mass is 16.6. The summed E-state index contributed by atoms with van der Waals surface area (Å²) in [4.78, 5) is 2.50. The van der Waals surface area contributed by atoms with Crippen molar-refractivity contribution in [2.24, 2.45) is 0 Å². The molecule has 5 nitrogen and oxygen atoms in total. The van der Waals surface area contributed by atoms with Crippen LogP contribution in [0.1, 0.15) is 32.6 Å². The number of likely N-dealkylation sites (tertiary alicyclic amines) is 1.